The maximum Gasteiger partial charge on any atom is 0.0399 e. The number of rotatable bonds is 4. The topological polar surface area (TPSA) is 15.3 Å². The predicted molar refractivity (Wildman–Crippen MR) is 74.7 cm³/mol. The Labute approximate surface area is 105 Å². The van der Waals surface area contributed by atoms with Crippen molar-refractivity contribution in [1.82, 2.24) is 5.32 Å². The van der Waals surface area contributed by atoms with Crippen LogP contribution in [0.3, 0.4) is 0 Å². The van der Waals surface area contributed by atoms with E-state index in [0.29, 0.717) is 0 Å². The summed E-state index contributed by atoms with van der Waals surface area (Å²) in [6, 6.07) is 8.85. The minimum absolute atomic E-state index is 0.163. The first-order valence-corrected chi connectivity index (χ1v) is 6.64. The summed E-state index contributed by atoms with van der Waals surface area (Å²) in [5, 5.41) is 3.39. The number of hydrogen-bond acceptors (Lipinski definition) is 2. The first-order valence-electron chi connectivity index (χ1n) is 6.64. The van der Waals surface area contributed by atoms with Crippen LogP contribution in [-0.2, 0) is 6.42 Å². The van der Waals surface area contributed by atoms with Gasteiger partial charge in [-0.1, -0.05) is 18.2 Å². The highest BCUT2D eigenvalue weighted by Gasteiger charge is 2.20. The molecular formula is C15H24N2. The van der Waals surface area contributed by atoms with Crippen molar-refractivity contribution in [3.63, 3.8) is 0 Å². The van der Waals surface area contributed by atoms with Gasteiger partial charge in [0.15, 0.2) is 0 Å². The summed E-state index contributed by atoms with van der Waals surface area (Å²) in [4.78, 5) is 2.53. The minimum atomic E-state index is 0.163. The molecule has 1 saturated heterocycles. The molecule has 0 radical (unpaired) electrons. The van der Waals surface area contributed by atoms with Crippen molar-refractivity contribution in [3.05, 3.63) is 29.8 Å². The summed E-state index contributed by atoms with van der Waals surface area (Å²) in [6.07, 6.45) is 3.75. The number of hydrogen-bond donors (Lipinski definition) is 1. The Balaban J connectivity index is 2.21. The maximum absolute atomic E-state index is 3.39. The van der Waals surface area contributed by atoms with Crippen LogP contribution in [0.5, 0.6) is 0 Å². The quantitative estimate of drug-likeness (QED) is 0.858. The van der Waals surface area contributed by atoms with Crippen molar-refractivity contribution in [2.75, 3.05) is 25.0 Å². The lowest BCUT2D eigenvalue weighted by Gasteiger charge is -2.28. The number of benzene rings is 1. The van der Waals surface area contributed by atoms with Crippen LogP contribution in [0, 0.1) is 0 Å². The fourth-order valence-electron chi connectivity index (χ4n) is 2.49. The highest BCUT2D eigenvalue weighted by atomic mass is 15.1. The zero-order chi connectivity index (χ0) is 12.3. The van der Waals surface area contributed by atoms with E-state index in [-0.39, 0.29) is 5.54 Å². The molecule has 1 aliphatic heterocycles. The van der Waals surface area contributed by atoms with Crippen molar-refractivity contribution >= 4 is 5.69 Å². The van der Waals surface area contributed by atoms with Crippen molar-refractivity contribution in [2.45, 2.75) is 38.6 Å². The van der Waals surface area contributed by atoms with Gasteiger partial charge in [0.05, 0.1) is 0 Å². The molecule has 2 rings (SSSR count). The van der Waals surface area contributed by atoms with Gasteiger partial charge in [-0.3, -0.25) is 0 Å². The van der Waals surface area contributed by atoms with Crippen LogP contribution >= 0.6 is 0 Å². The number of nitrogens with zero attached hydrogens (tertiary/aromatic N) is 1. The van der Waals surface area contributed by atoms with E-state index in [0.717, 1.165) is 6.42 Å². The summed E-state index contributed by atoms with van der Waals surface area (Å²) in [7, 11) is 2.04. The van der Waals surface area contributed by atoms with E-state index in [1.807, 2.05) is 7.05 Å². The van der Waals surface area contributed by atoms with Gasteiger partial charge in [0.25, 0.3) is 0 Å². The Morgan fingerprint density at radius 3 is 2.47 bits per heavy atom. The lowest BCUT2D eigenvalue weighted by atomic mass is 9.94. The van der Waals surface area contributed by atoms with E-state index >= 15 is 0 Å². The van der Waals surface area contributed by atoms with Gasteiger partial charge in [0.2, 0.25) is 0 Å². The average molecular weight is 232 g/mol. The van der Waals surface area contributed by atoms with E-state index in [4.69, 9.17) is 0 Å². The molecule has 2 nitrogen and oxygen atoms in total. The molecule has 0 spiro atoms. The number of likely N-dealkylation sites (N-methyl/N-ethyl adjacent to an activating group) is 1. The SMILES string of the molecule is CNC(C)(C)Cc1ccccc1N1CCCC1. The molecule has 1 fully saturated rings. The second-order valence-corrected chi connectivity index (χ2v) is 5.63. The first kappa shape index (κ1) is 12.4. The van der Waals surface area contributed by atoms with Gasteiger partial charge in [-0.25, -0.2) is 0 Å². The summed E-state index contributed by atoms with van der Waals surface area (Å²) >= 11 is 0. The first-order chi connectivity index (χ1) is 8.12. The largest absolute Gasteiger partial charge is 0.371 e. The van der Waals surface area contributed by atoms with E-state index in [1.165, 1.54) is 37.2 Å². The maximum atomic E-state index is 3.39. The number of nitrogens with one attached hydrogen (secondary N) is 1. The highest BCUT2D eigenvalue weighted by molar-refractivity contribution is 5.54. The molecule has 0 atom stereocenters. The molecule has 1 aromatic rings. The zero-order valence-electron chi connectivity index (χ0n) is 11.3. The van der Waals surface area contributed by atoms with Crippen LogP contribution in [0.4, 0.5) is 5.69 Å². The van der Waals surface area contributed by atoms with Gasteiger partial charge in [0.1, 0.15) is 0 Å². The molecule has 1 aliphatic rings. The molecule has 0 saturated carbocycles. The van der Waals surface area contributed by atoms with E-state index in [1.54, 1.807) is 0 Å². The summed E-state index contributed by atoms with van der Waals surface area (Å²) in [5.74, 6) is 0. The van der Waals surface area contributed by atoms with Gasteiger partial charge in [0, 0.05) is 24.3 Å². The lowest BCUT2D eigenvalue weighted by Crippen LogP contribution is -2.38. The van der Waals surface area contributed by atoms with Gasteiger partial charge in [-0.15, -0.1) is 0 Å². The van der Waals surface area contributed by atoms with E-state index in [9.17, 15) is 0 Å². The normalized spacial score (nSPS) is 16.5. The van der Waals surface area contributed by atoms with Crippen molar-refractivity contribution < 1.29 is 0 Å². The Morgan fingerprint density at radius 1 is 1.18 bits per heavy atom. The fourth-order valence-corrected chi connectivity index (χ4v) is 2.49. The smallest absolute Gasteiger partial charge is 0.0399 e. The number of para-hydroxylation sites is 1. The molecule has 0 unspecified atom stereocenters. The third-order valence-corrected chi connectivity index (χ3v) is 3.75. The fraction of sp³-hybridized carbons (Fsp3) is 0.600. The molecule has 1 N–H and O–H groups in total. The Morgan fingerprint density at radius 2 is 1.82 bits per heavy atom. The molecule has 0 bridgehead atoms. The minimum Gasteiger partial charge on any atom is -0.371 e. The van der Waals surface area contributed by atoms with Crippen LogP contribution in [0.25, 0.3) is 0 Å². The van der Waals surface area contributed by atoms with Gasteiger partial charge in [-0.05, 0) is 51.8 Å². The van der Waals surface area contributed by atoms with E-state index in [2.05, 4.69) is 48.3 Å². The second-order valence-electron chi connectivity index (χ2n) is 5.63. The van der Waals surface area contributed by atoms with Crippen LogP contribution in [0.15, 0.2) is 24.3 Å². The van der Waals surface area contributed by atoms with Gasteiger partial charge < -0.3 is 10.2 Å². The Bertz CT molecular complexity index is 365. The van der Waals surface area contributed by atoms with Gasteiger partial charge >= 0.3 is 0 Å². The molecule has 1 heterocycles. The summed E-state index contributed by atoms with van der Waals surface area (Å²) in [5.41, 5.74) is 3.07. The zero-order valence-corrected chi connectivity index (χ0v) is 11.3. The van der Waals surface area contributed by atoms with Crippen molar-refractivity contribution in [3.8, 4) is 0 Å². The average Bonchev–Trinajstić information content (AvgIpc) is 2.83. The lowest BCUT2D eigenvalue weighted by molar-refractivity contribution is 0.422. The van der Waals surface area contributed by atoms with Crippen molar-refractivity contribution in [2.24, 2.45) is 0 Å². The molecule has 0 aromatic heterocycles. The summed E-state index contributed by atoms with van der Waals surface area (Å²) in [6.45, 7) is 6.95. The molecule has 1 aromatic carbocycles. The number of anilines is 1. The van der Waals surface area contributed by atoms with Crippen LogP contribution in [-0.4, -0.2) is 25.7 Å². The molecule has 94 valence electrons. The van der Waals surface area contributed by atoms with E-state index < -0.39 is 0 Å². The standard InChI is InChI=1S/C15H24N2/c1-15(2,16-3)12-13-8-4-5-9-14(13)17-10-6-7-11-17/h4-5,8-9,16H,6-7,10-12H2,1-3H3. The third-order valence-electron chi connectivity index (χ3n) is 3.75. The predicted octanol–water partition coefficient (Wildman–Crippen LogP) is 2.83. The molecule has 0 amide bonds. The monoisotopic (exact) mass is 232 g/mol. The Hall–Kier alpha value is -1.02. The molecule has 2 heteroatoms. The van der Waals surface area contributed by atoms with Crippen LogP contribution < -0.4 is 10.2 Å². The summed E-state index contributed by atoms with van der Waals surface area (Å²) < 4.78 is 0. The molecular weight excluding hydrogens is 208 g/mol. The third kappa shape index (κ3) is 3.01. The van der Waals surface area contributed by atoms with Crippen LogP contribution in [0.1, 0.15) is 32.3 Å². The van der Waals surface area contributed by atoms with Gasteiger partial charge in [-0.2, -0.15) is 0 Å². The second kappa shape index (κ2) is 5.09. The molecule has 17 heavy (non-hydrogen) atoms. The Kier molecular flexibility index (Phi) is 3.72. The highest BCUT2D eigenvalue weighted by Crippen LogP contribution is 2.27. The van der Waals surface area contributed by atoms with Crippen molar-refractivity contribution in [1.29, 1.82) is 0 Å². The molecule has 0 aliphatic carbocycles. The van der Waals surface area contributed by atoms with Crippen LogP contribution in [0.2, 0.25) is 0 Å².